The quantitative estimate of drug-likeness (QED) is 0.870. The molecule has 2 N–H and O–H groups in total. The third kappa shape index (κ3) is 4.32. The van der Waals surface area contributed by atoms with Gasteiger partial charge < -0.3 is 10.5 Å². The Bertz CT molecular complexity index is 365. The van der Waals surface area contributed by atoms with Crippen LogP contribution in [0.3, 0.4) is 0 Å². The highest BCUT2D eigenvalue weighted by Gasteiger charge is 2.20. The van der Waals surface area contributed by atoms with Crippen LogP contribution < -0.4 is 5.73 Å². The summed E-state index contributed by atoms with van der Waals surface area (Å²) in [5.41, 5.74) is 8.58. The molecule has 1 aliphatic rings. The highest BCUT2D eigenvalue weighted by Crippen LogP contribution is 2.27. The lowest BCUT2D eigenvalue weighted by molar-refractivity contribution is 0.00822. The monoisotopic (exact) mass is 261 g/mol. The van der Waals surface area contributed by atoms with Gasteiger partial charge in [-0.25, -0.2) is 0 Å². The van der Waals surface area contributed by atoms with Crippen molar-refractivity contribution in [2.75, 3.05) is 6.61 Å². The Hall–Kier alpha value is -0.860. The van der Waals surface area contributed by atoms with Crippen LogP contribution in [-0.4, -0.2) is 12.6 Å². The fourth-order valence-electron chi connectivity index (χ4n) is 2.90. The van der Waals surface area contributed by atoms with E-state index in [0.29, 0.717) is 0 Å². The Balaban J connectivity index is 1.94. The molecule has 2 heteroatoms. The van der Waals surface area contributed by atoms with Crippen LogP contribution >= 0.6 is 0 Å². The largest absolute Gasteiger partial charge is 0.372 e. The minimum Gasteiger partial charge on any atom is -0.372 e. The summed E-state index contributed by atoms with van der Waals surface area (Å²) in [5, 5.41) is 0. The molecule has 0 spiro atoms. The smallest absolute Gasteiger partial charge is 0.0973 e. The van der Waals surface area contributed by atoms with Gasteiger partial charge in [0.25, 0.3) is 0 Å². The van der Waals surface area contributed by atoms with Gasteiger partial charge in [0, 0.05) is 6.04 Å². The summed E-state index contributed by atoms with van der Waals surface area (Å²) >= 11 is 0. The zero-order chi connectivity index (χ0) is 13.7. The summed E-state index contributed by atoms with van der Waals surface area (Å²) in [6.07, 6.45) is 6.79. The molecule has 2 rings (SSSR count). The second-order valence-corrected chi connectivity index (χ2v) is 6.03. The van der Waals surface area contributed by atoms with Crippen LogP contribution in [-0.2, 0) is 4.74 Å². The second-order valence-electron chi connectivity index (χ2n) is 6.03. The number of nitrogens with two attached hydrogens (primary N) is 1. The molecular weight excluding hydrogens is 234 g/mol. The Morgan fingerprint density at radius 2 is 1.79 bits per heavy atom. The van der Waals surface area contributed by atoms with Crippen LogP contribution in [0.25, 0.3) is 0 Å². The van der Waals surface area contributed by atoms with Gasteiger partial charge in [0.15, 0.2) is 0 Å². The lowest BCUT2D eigenvalue weighted by Gasteiger charge is -2.27. The molecule has 0 saturated heterocycles. The average Bonchev–Trinajstić information content (AvgIpc) is 2.42. The van der Waals surface area contributed by atoms with Crippen molar-refractivity contribution in [3.8, 4) is 0 Å². The molecule has 0 amide bonds. The van der Waals surface area contributed by atoms with Gasteiger partial charge in [-0.05, 0) is 38.2 Å². The molecule has 2 nitrogen and oxygen atoms in total. The molecule has 1 aromatic rings. The molecular formula is C17H27NO. The highest BCUT2D eigenvalue weighted by molar-refractivity contribution is 5.24. The number of ether oxygens (including phenoxy) is 1. The fraction of sp³-hybridized carbons (Fsp3) is 0.647. The van der Waals surface area contributed by atoms with Gasteiger partial charge in [0.05, 0.1) is 12.7 Å². The van der Waals surface area contributed by atoms with Crippen molar-refractivity contribution in [2.45, 2.75) is 58.1 Å². The number of hydrogen-bond donors (Lipinski definition) is 1. The number of rotatable bonds is 5. The number of benzene rings is 1. The molecule has 1 fully saturated rings. The van der Waals surface area contributed by atoms with Crippen LogP contribution in [0.2, 0.25) is 0 Å². The minimum atomic E-state index is 0.0301. The van der Waals surface area contributed by atoms with Crippen molar-refractivity contribution in [3.63, 3.8) is 0 Å². The summed E-state index contributed by atoms with van der Waals surface area (Å²) in [7, 11) is 0. The number of hydrogen-bond acceptors (Lipinski definition) is 2. The first-order chi connectivity index (χ1) is 9.16. The van der Waals surface area contributed by atoms with Crippen LogP contribution in [0, 0.1) is 12.8 Å². The van der Waals surface area contributed by atoms with E-state index in [0.717, 1.165) is 12.5 Å². The zero-order valence-electron chi connectivity index (χ0n) is 12.3. The molecule has 0 radical (unpaired) electrons. The maximum atomic E-state index is 6.14. The molecule has 1 aromatic carbocycles. The summed E-state index contributed by atoms with van der Waals surface area (Å²) in [6.45, 7) is 5.00. The topological polar surface area (TPSA) is 35.2 Å². The van der Waals surface area contributed by atoms with Gasteiger partial charge in [-0.1, -0.05) is 49.1 Å². The summed E-state index contributed by atoms with van der Waals surface area (Å²) in [5.74, 6) is 0.737. The summed E-state index contributed by atoms with van der Waals surface area (Å²) < 4.78 is 6.14. The highest BCUT2D eigenvalue weighted by atomic mass is 16.5. The lowest BCUT2D eigenvalue weighted by Crippen LogP contribution is -2.29. The number of aryl methyl sites for hydroxylation is 1. The van der Waals surface area contributed by atoms with Crippen molar-refractivity contribution >= 4 is 0 Å². The van der Waals surface area contributed by atoms with E-state index in [1.165, 1.54) is 43.2 Å². The van der Waals surface area contributed by atoms with Crippen LogP contribution in [0.1, 0.15) is 56.3 Å². The molecule has 1 aliphatic carbocycles. The molecule has 0 bridgehead atoms. The Kier molecular flexibility index (Phi) is 5.41. The van der Waals surface area contributed by atoms with Gasteiger partial charge in [-0.2, -0.15) is 0 Å². The molecule has 1 saturated carbocycles. The third-order valence-electron chi connectivity index (χ3n) is 4.12. The van der Waals surface area contributed by atoms with E-state index < -0.39 is 0 Å². The first-order valence-corrected chi connectivity index (χ1v) is 7.60. The first-order valence-electron chi connectivity index (χ1n) is 7.60. The van der Waals surface area contributed by atoms with E-state index in [1.807, 2.05) is 6.92 Å². The summed E-state index contributed by atoms with van der Waals surface area (Å²) in [4.78, 5) is 0. The van der Waals surface area contributed by atoms with Gasteiger partial charge in [-0.3, -0.25) is 0 Å². The van der Waals surface area contributed by atoms with Gasteiger partial charge in [0.1, 0.15) is 0 Å². The van der Waals surface area contributed by atoms with Crippen molar-refractivity contribution in [1.82, 2.24) is 0 Å². The molecule has 19 heavy (non-hydrogen) atoms. The van der Waals surface area contributed by atoms with Crippen LogP contribution in [0.5, 0.6) is 0 Å². The van der Waals surface area contributed by atoms with Crippen molar-refractivity contribution < 1.29 is 4.74 Å². The van der Waals surface area contributed by atoms with E-state index in [2.05, 4.69) is 31.2 Å². The van der Waals surface area contributed by atoms with Crippen molar-refractivity contribution in [1.29, 1.82) is 0 Å². The SMILES string of the molecule is Cc1ccc(C(OCC2CCCCC2)C(C)N)cc1. The first kappa shape index (κ1) is 14.5. The van der Waals surface area contributed by atoms with E-state index >= 15 is 0 Å². The Morgan fingerprint density at radius 3 is 2.37 bits per heavy atom. The van der Waals surface area contributed by atoms with Crippen LogP contribution in [0.15, 0.2) is 24.3 Å². The maximum Gasteiger partial charge on any atom is 0.0973 e. The molecule has 2 unspecified atom stereocenters. The predicted molar refractivity (Wildman–Crippen MR) is 80.1 cm³/mol. The second kappa shape index (κ2) is 7.06. The zero-order valence-corrected chi connectivity index (χ0v) is 12.3. The summed E-state index contributed by atoms with van der Waals surface area (Å²) in [6, 6.07) is 8.59. The van der Waals surface area contributed by atoms with Crippen molar-refractivity contribution in [3.05, 3.63) is 35.4 Å². The standard InChI is InChI=1S/C17H27NO/c1-13-8-10-16(11-9-13)17(14(2)18)19-12-15-6-4-3-5-7-15/h8-11,14-15,17H,3-7,12,18H2,1-2H3. The van der Waals surface area contributed by atoms with E-state index in [4.69, 9.17) is 10.5 Å². The third-order valence-corrected chi connectivity index (χ3v) is 4.12. The van der Waals surface area contributed by atoms with Gasteiger partial charge >= 0.3 is 0 Å². The molecule has 0 aromatic heterocycles. The Labute approximate surface area is 117 Å². The normalized spacial score (nSPS) is 20.2. The minimum absolute atomic E-state index is 0.0301. The molecule has 2 atom stereocenters. The molecule has 0 aliphatic heterocycles. The van der Waals surface area contributed by atoms with Crippen LogP contribution in [0.4, 0.5) is 0 Å². The van der Waals surface area contributed by atoms with Gasteiger partial charge in [0.2, 0.25) is 0 Å². The van der Waals surface area contributed by atoms with Crippen molar-refractivity contribution in [2.24, 2.45) is 11.7 Å². The van der Waals surface area contributed by atoms with E-state index in [9.17, 15) is 0 Å². The predicted octanol–water partition coefficient (Wildman–Crippen LogP) is 3.98. The molecule has 0 heterocycles. The van der Waals surface area contributed by atoms with E-state index in [-0.39, 0.29) is 12.1 Å². The fourth-order valence-corrected chi connectivity index (χ4v) is 2.90. The van der Waals surface area contributed by atoms with E-state index in [1.54, 1.807) is 0 Å². The average molecular weight is 261 g/mol. The van der Waals surface area contributed by atoms with Gasteiger partial charge in [-0.15, -0.1) is 0 Å². The Morgan fingerprint density at radius 1 is 1.16 bits per heavy atom. The molecule has 106 valence electrons. The lowest BCUT2D eigenvalue weighted by atomic mass is 9.90. The maximum absolute atomic E-state index is 6.14.